The predicted molar refractivity (Wildman–Crippen MR) is 98.4 cm³/mol. The zero-order valence-corrected chi connectivity index (χ0v) is 15.3. The van der Waals surface area contributed by atoms with E-state index in [1.807, 2.05) is 6.92 Å². The van der Waals surface area contributed by atoms with Gasteiger partial charge in [-0.05, 0) is 13.0 Å². The Labute approximate surface area is 156 Å². The Balaban J connectivity index is 1.58. The standard InChI is InChI=1S/C18H22FN5O3/c1-12-16(17(20)23(2)22-12)21-9-14-10-24(7-8-26-14)18(25)27-11-13-5-3-4-6-15(13)19/h3-6,9,14H,7-8,10-11,20H2,1-2H3/t14-/m1/s1. The van der Waals surface area contributed by atoms with Gasteiger partial charge in [0.25, 0.3) is 0 Å². The molecule has 0 radical (unpaired) electrons. The van der Waals surface area contributed by atoms with E-state index in [2.05, 4.69) is 10.1 Å². The normalized spacial score (nSPS) is 17.4. The number of rotatable bonds is 4. The van der Waals surface area contributed by atoms with Crippen molar-refractivity contribution in [3.63, 3.8) is 0 Å². The number of aryl methyl sites for hydroxylation is 2. The summed E-state index contributed by atoms with van der Waals surface area (Å²) in [6, 6.07) is 6.19. The Morgan fingerprint density at radius 1 is 1.52 bits per heavy atom. The van der Waals surface area contributed by atoms with Crippen LogP contribution in [0.15, 0.2) is 29.3 Å². The molecule has 0 unspecified atom stereocenters. The lowest BCUT2D eigenvalue weighted by molar-refractivity contribution is 0.00313. The summed E-state index contributed by atoms with van der Waals surface area (Å²) < 4.78 is 26.0. The molecule has 1 aromatic carbocycles. The zero-order chi connectivity index (χ0) is 19.4. The molecular weight excluding hydrogens is 353 g/mol. The predicted octanol–water partition coefficient (Wildman–Crippen LogP) is 2.19. The topological polar surface area (TPSA) is 95.0 Å². The minimum atomic E-state index is -0.517. The SMILES string of the molecule is Cc1nn(C)c(N)c1N=C[C@@H]1CN(C(=O)OCc2ccccc2F)CCO1. The van der Waals surface area contributed by atoms with Crippen molar-refractivity contribution < 1.29 is 18.7 Å². The van der Waals surface area contributed by atoms with Crippen molar-refractivity contribution in [2.75, 3.05) is 25.4 Å². The number of ether oxygens (including phenoxy) is 2. The largest absolute Gasteiger partial charge is 0.444 e. The molecule has 0 bridgehead atoms. The van der Waals surface area contributed by atoms with E-state index in [1.54, 1.807) is 36.1 Å². The maximum atomic E-state index is 13.6. The molecular formula is C18H22FN5O3. The lowest BCUT2D eigenvalue weighted by atomic mass is 10.2. The number of morpholine rings is 1. The van der Waals surface area contributed by atoms with Gasteiger partial charge in [-0.1, -0.05) is 18.2 Å². The van der Waals surface area contributed by atoms with Crippen LogP contribution in [0.5, 0.6) is 0 Å². The Morgan fingerprint density at radius 3 is 3.00 bits per heavy atom. The van der Waals surface area contributed by atoms with Crippen molar-refractivity contribution in [1.82, 2.24) is 14.7 Å². The van der Waals surface area contributed by atoms with Gasteiger partial charge < -0.3 is 20.1 Å². The van der Waals surface area contributed by atoms with Crippen LogP contribution in [0.25, 0.3) is 0 Å². The average Bonchev–Trinajstić information content (AvgIpc) is 2.91. The van der Waals surface area contributed by atoms with Crippen molar-refractivity contribution >= 4 is 23.8 Å². The lowest BCUT2D eigenvalue weighted by Gasteiger charge is -2.30. The molecule has 0 saturated carbocycles. The van der Waals surface area contributed by atoms with Gasteiger partial charge in [-0.15, -0.1) is 0 Å². The highest BCUT2D eigenvalue weighted by Gasteiger charge is 2.24. The average molecular weight is 375 g/mol. The van der Waals surface area contributed by atoms with E-state index in [1.165, 1.54) is 11.0 Å². The van der Waals surface area contributed by atoms with E-state index in [0.29, 0.717) is 42.5 Å². The third-order valence-electron chi connectivity index (χ3n) is 4.26. The molecule has 144 valence electrons. The van der Waals surface area contributed by atoms with E-state index in [0.717, 1.165) is 0 Å². The van der Waals surface area contributed by atoms with Gasteiger partial charge in [0.1, 0.15) is 30.0 Å². The van der Waals surface area contributed by atoms with Gasteiger partial charge in [0.2, 0.25) is 0 Å². The molecule has 9 heteroatoms. The summed E-state index contributed by atoms with van der Waals surface area (Å²) in [6.07, 6.45) is 0.701. The summed E-state index contributed by atoms with van der Waals surface area (Å²) in [5.74, 6) is 0.0578. The minimum Gasteiger partial charge on any atom is -0.444 e. The fourth-order valence-corrected chi connectivity index (χ4v) is 2.76. The molecule has 1 aliphatic rings. The monoisotopic (exact) mass is 375 g/mol. The van der Waals surface area contributed by atoms with Crippen molar-refractivity contribution in [3.8, 4) is 0 Å². The van der Waals surface area contributed by atoms with Crippen molar-refractivity contribution in [2.45, 2.75) is 19.6 Å². The number of amides is 1. The quantitative estimate of drug-likeness (QED) is 0.827. The second-order valence-corrected chi connectivity index (χ2v) is 6.22. The Morgan fingerprint density at radius 2 is 2.30 bits per heavy atom. The van der Waals surface area contributed by atoms with Crippen molar-refractivity contribution in [1.29, 1.82) is 0 Å². The van der Waals surface area contributed by atoms with E-state index < -0.39 is 18.0 Å². The molecule has 27 heavy (non-hydrogen) atoms. The summed E-state index contributed by atoms with van der Waals surface area (Å²) in [7, 11) is 1.74. The minimum absolute atomic E-state index is 0.118. The number of carbonyl (C=O) groups excluding carboxylic acids is 1. The molecule has 1 aromatic heterocycles. The highest BCUT2D eigenvalue weighted by molar-refractivity contribution is 5.75. The van der Waals surface area contributed by atoms with Gasteiger partial charge in [0.15, 0.2) is 0 Å². The number of hydrogen-bond acceptors (Lipinski definition) is 6. The Hall–Kier alpha value is -2.94. The Kier molecular flexibility index (Phi) is 5.70. The van der Waals surface area contributed by atoms with Crippen LogP contribution >= 0.6 is 0 Å². The maximum absolute atomic E-state index is 13.6. The van der Waals surface area contributed by atoms with Crippen molar-refractivity contribution in [2.24, 2.45) is 12.0 Å². The first-order chi connectivity index (χ1) is 13.0. The first-order valence-electron chi connectivity index (χ1n) is 8.55. The first kappa shape index (κ1) is 18.8. The molecule has 0 spiro atoms. The number of carbonyl (C=O) groups is 1. The van der Waals surface area contributed by atoms with Gasteiger partial charge in [-0.3, -0.25) is 9.67 Å². The highest BCUT2D eigenvalue weighted by Crippen LogP contribution is 2.25. The third kappa shape index (κ3) is 4.43. The number of anilines is 1. The number of halogens is 1. The molecule has 2 aromatic rings. The summed E-state index contributed by atoms with van der Waals surface area (Å²) in [6.45, 7) is 2.74. The molecule has 0 aliphatic carbocycles. The zero-order valence-electron chi connectivity index (χ0n) is 15.3. The van der Waals surface area contributed by atoms with Crippen LogP contribution < -0.4 is 5.73 Å². The first-order valence-corrected chi connectivity index (χ1v) is 8.55. The third-order valence-corrected chi connectivity index (χ3v) is 4.26. The molecule has 1 atom stereocenters. The molecule has 1 fully saturated rings. The van der Waals surface area contributed by atoms with Gasteiger partial charge >= 0.3 is 6.09 Å². The summed E-state index contributed by atoms with van der Waals surface area (Å²) in [4.78, 5) is 18.1. The maximum Gasteiger partial charge on any atom is 0.410 e. The van der Waals surface area contributed by atoms with E-state index in [-0.39, 0.29) is 6.61 Å². The second-order valence-electron chi connectivity index (χ2n) is 6.22. The highest BCUT2D eigenvalue weighted by atomic mass is 19.1. The number of benzene rings is 1. The van der Waals surface area contributed by atoms with Gasteiger partial charge in [-0.2, -0.15) is 5.10 Å². The van der Waals surface area contributed by atoms with Gasteiger partial charge in [-0.25, -0.2) is 9.18 Å². The van der Waals surface area contributed by atoms with Crippen LogP contribution in [-0.2, 0) is 23.1 Å². The number of aromatic nitrogens is 2. The number of aliphatic imine (C=N–C) groups is 1. The Bertz CT molecular complexity index is 852. The molecule has 3 rings (SSSR count). The number of nitrogens with zero attached hydrogens (tertiary/aromatic N) is 4. The fourth-order valence-electron chi connectivity index (χ4n) is 2.76. The second kappa shape index (κ2) is 8.17. The fraction of sp³-hybridized carbons (Fsp3) is 0.389. The van der Waals surface area contributed by atoms with Gasteiger partial charge in [0, 0.05) is 25.4 Å². The van der Waals surface area contributed by atoms with Crippen LogP contribution in [-0.4, -0.2) is 52.8 Å². The van der Waals surface area contributed by atoms with Crippen LogP contribution in [0.4, 0.5) is 20.7 Å². The van der Waals surface area contributed by atoms with Crippen LogP contribution in [0, 0.1) is 12.7 Å². The summed E-state index contributed by atoms with van der Waals surface area (Å²) in [5, 5.41) is 4.20. The molecule has 1 aliphatic heterocycles. The van der Waals surface area contributed by atoms with E-state index >= 15 is 0 Å². The van der Waals surface area contributed by atoms with Crippen LogP contribution in [0.2, 0.25) is 0 Å². The van der Waals surface area contributed by atoms with Gasteiger partial charge in [0.05, 0.1) is 18.8 Å². The number of hydrogen-bond donors (Lipinski definition) is 1. The lowest BCUT2D eigenvalue weighted by Crippen LogP contribution is -2.46. The molecule has 8 nitrogen and oxygen atoms in total. The van der Waals surface area contributed by atoms with Crippen molar-refractivity contribution in [3.05, 3.63) is 41.3 Å². The summed E-state index contributed by atoms with van der Waals surface area (Å²) >= 11 is 0. The van der Waals surface area contributed by atoms with Crippen LogP contribution in [0.3, 0.4) is 0 Å². The number of nitrogens with two attached hydrogens (primary N) is 1. The van der Waals surface area contributed by atoms with Crippen LogP contribution in [0.1, 0.15) is 11.3 Å². The molecule has 2 N–H and O–H groups in total. The molecule has 1 saturated heterocycles. The smallest absolute Gasteiger partial charge is 0.410 e. The molecule has 2 heterocycles. The summed E-state index contributed by atoms with van der Waals surface area (Å²) in [5.41, 5.74) is 7.56. The van der Waals surface area contributed by atoms with E-state index in [9.17, 15) is 9.18 Å². The van der Waals surface area contributed by atoms with E-state index in [4.69, 9.17) is 15.2 Å². The molecule has 1 amide bonds. The number of nitrogen functional groups attached to an aromatic ring is 1.